The number of carbonyl (C=O) groups excluding carboxylic acids is 2. The van der Waals surface area contributed by atoms with Gasteiger partial charge in [-0.2, -0.15) is 4.31 Å². The van der Waals surface area contributed by atoms with Crippen LogP contribution in [0.4, 0.5) is 0 Å². The second kappa shape index (κ2) is 8.37. The molecule has 27 heavy (non-hydrogen) atoms. The molecule has 2 fully saturated rings. The highest BCUT2D eigenvalue weighted by Crippen LogP contribution is 2.29. The molecule has 0 amide bonds. The Kier molecular flexibility index (Phi) is 6.13. The first-order chi connectivity index (χ1) is 12.9. The van der Waals surface area contributed by atoms with E-state index in [0.717, 1.165) is 12.8 Å². The van der Waals surface area contributed by atoms with Gasteiger partial charge in [-0.05, 0) is 37.5 Å². The Bertz CT molecular complexity index is 815. The van der Waals surface area contributed by atoms with Crippen LogP contribution in [0.1, 0.15) is 36.0 Å². The highest BCUT2D eigenvalue weighted by atomic mass is 32.2. The van der Waals surface area contributed by atoms with Crippen LogP contribution in [0.3, 0.4) is 0 Å². The summed E-state index contributed by atoms with van der Waals surface area (Å²) in [4.78, 5) is 24.3. The van der Waals surface area contributed by atoms with Gasteiger partial charge in [0.05, 0.1) is 25.9 Å². The fourth-order valence-corrected chi connectivity index (χ4v) is 4.79. The number of Topliss-reactive ketones (excluding diaryl/α,β-unsaturated/α-hetero) is 1. The van der Waals surface area contributed by atoms with Crippen molar-refractivity contribution in [1.82, 2.24) is 4.31 Å². The van der Waals surface area contributed by atoms with Gasteiger partial charge in [-0.25, -0.2) is 13.2 Å². The maximum Gasteiger partial charge on any atom is 0.338 e. The lowest BCUT2D eigenvalue weighted by atomic mass is 9.96. The van der Waals surface area contributed by atoms with E-state index in [1.807, 2.05) is 0 Å². The number of carbonyl (C=O) groups is 2. The zero-order valence-electron chi connectivity index (χ0n) is 15.2. The van der Waals surface area contributed by atoms with E-state index in [2.05, 4.69) is 0 Å². The van der Waals surface area contributed by atoms with Crippen LogP contribution in [0.15, 0.2) is 23.1 Å². The molecule has 0 N–H and O–H groups in total. The maximum atomic E-state index is 13.0. The van der Waals surface area contributed by atoms with Crippen LogP contribution in [0, 0.1) is 0 Å². The highest BCUT2D eigenvalue weighted by Gasteiger charge is 2.31. The van der Waals surface area contributed by atoms with Gasteiger partial charge < -0.3 is 14.2 Å². The first-order valence-electron chi connectivity index (χ1n) is 8.93. The van der Waals surface area contributed by atoms with Crippen molar-refractivity contribution < 1.29 is 32.2 Å². The molecule has 0 radical (unpaired) electrons. The summed E-state index contributed by atoms with van der Waals surface area (Å²) in [6.45, 7) is 1.09. The summed E-state index contributed by atoms with van der Waals surface area (Å²) >= 11 is 0. The molecular weight excluding hydrogens is 374 g/mol. The number of hydrogen-bond acceptors (Lipinski definition) is 7. The summed E-state index contributed by atoms with van der Waals surface area (Å²) < 4.78 is 42.9. The monoisotopic (exact) mass is 397 g/mol. The van der Waals surface area contributed by atoms with Crippen LogP contribution in [0.5, 0.6) is 5.75 Å². The minimum atomic E-state index is -3.85. The summed E-state index contributed by atoms with van der Waals surface area (Å²) in [5.74, 6) is -0.660. The second-order valence-electron chi connectivity index (χ2n) is 6.49. The zero-order valence-corrected chi connectivity index (χ0v) is 16.0. The molecule has 1 aromatic carbocycles. The van der Waals surface area contributed by atoms with Crippen molar-refractivity contribution in [2.24, 2.45) is 0 Å². The van der Waals surface area contributed by atoms with E-state index in [9.17, 15) is 18.0 Å². The van der Waals surface area contributed by atoms with Crippen LogP contribution in [0.2, 0.25) is 0 Å². The molecule has 1 aromatic rings. The minimum Gasteiger partial charge on any atom is -0.495 e. The zero-order chi connectivity index (χ0) is 19.4. The molecule has 1 saturated carbocycles. The van der Waals surface area contributed by atoms with E-state index in [4.69, 9.17) is 14.2 Å². The second-order valence-corrected chi connectivity index (χ2v) is 8.39. The molecule has 1 saturated heterocycles. The molecule has 148 valence electrons. The number of benzene rings is 1. The molecule has 2 aliphatic rings. The normalized spacial score (nSPS) is 21.7. The number of morpholine rings is 1. The molecule has 0 unspecified atom stereocenters. The summed E-state index contributed by atoms with van der Waals surface area (Å²) in [5, 5.41) is 0. The fraction of sp³-hybridized carbons (Fsp3) is 0.556. The first-order valence-corrected chi connectivity index (χ1v) is 10.4. The van der Waals surface area contributed by atoms with Gasteiger partial charge in [0.25, 0.3) is 0 Å². The molecule has 8 nitrogen and oxygen atoms in total. The van der Waals surface area contributed by atoms with Gasteiger partial charge in [0.2, 0.25) is 10.0 Å². The number of methoxy groups -OCH3 is 1. The average Bonchev–Trinajstić information content (AvgIpc) is 2.69. The van der Waals surface area contributed by atoms with Crippen LogP contribution in [-0.2, 0) is 24.3 Å². The number of esters is 1. The number of sulfonamides is 1. The van der Waals surface area contributed by atoms with Gasteiger partial charge >= 0.3 is 5.97 Å². The van der Waals surface area contributed by atoms with E-state index in [1.165, 1.54) is 29.6 Å². The Morgan fingerprint density at radius 1 is 1.22 bits per heavy atom. The third kappa shape index (κ3) is 4.31. The van der Waals surface area contributed by atoms with E-state index in [-0.39, 0.29) is 35.1 Å². The number of hydrogen-bond donors (Lipinski definition) is 0. The average molecular weight is 397 g/mol. The Balaban J connectivity index is 1.86. The molecule has 0 bridgehead atoms. The van der Waals surface area contributed by atoms with Gasteiger partial charge in [0, 0.05) is 19.5 Å². The Hall–Kier alpha value is -1.97. The van der Waals surface area contributed by atoms with E-state index >= 15 is 0 Å². The first kappa shape index (κ1) is 19.8. The van der Waals surface area contributed by atoms with Crippen LogP contribution in [-0.4, -0.2) is 64.0 Å². The SMILES string of the molecule is COc1ccc(C(=O)O[C@@H]2CCCCC2=O)cc1S(=O)(=O)N1CCOCC1. The van der Waals surface area contributed by atoms with Crippen molar-refractivity contribution in [2.45, 2.75) is 36.7 Å². The third-order valence-electron chi connectivity index (χ3n) is 4.74. The predicted molar refractivity (Wildman–Crippen MR) is 95.3 cm³/mol. The van der Waals surface area contributed by atoms with Gasteiger partial charge in [-0.3, -0.25) is 4.79 Å². The Labute approximate surface area is 158 Å². The maximum absolute atomic E-state index is 13.0. The Morgan fingerprint density at radius 3 is 2.63 bits per heavy atom. The van der Waals surface area contributed by atoms with E-state index in [1.54, 1.807) is 0 Å². The number of ether oxygens (including phenoxy) is 3. The number of rotatable bonds is 5. The van der Waals surface area contributed by atoms with Crippen molar-refractivity contribution in [1.29, 1.82) is 0 Å². The lowest BCUT2D eigenvalue weighted by Gasteiger charge is -2.27. The van der Waals surface area contributed by atoms with Crippen molar-refractivity contribution >= 4 is 21.8 Å². The molecular formula is C18H23NO7S. The third-order valence-corrected chi connectivity index (χ3v) is 6.65. The largest absolute Gasteiger partial charge is 0.495 e. The van der Waals surface area contributed by atoms with Crippen molar-refractivity contribution in [3.8, 4) is 5.75 Å². The van der Waals surface area contributed by atoms with E-state index in [0.29, 0.717) is 26.1 Å². The van der Waals surface area contributed by atoms with Crippen molar-refractivity contribution in [3.63, 3.8) is 0 Å². The van der Waals surface area contributed by atoms with Gasteiger partial charge in [0.15, 0.2) is 11.9 Å². The highest BCUT2D eigenvalue weighted by molar-refractivity contribution is 7.89. The molecule has 1 heterocycles. The Morgan fingerprint density at radius 2 is 1.96 bits per heavy atom. The lowest BCUT2D eigenvalue weighted by Crippen LogP contribution is -2.40. The number of nitrogens with zero attached hydrogens (tertiary/aromatic N) is 1. The summed E-state index contributed by atoms with van der Waals surface area (Å²) in [6, 6.07) is 4.11. The molecule has 0 aromatic heterocycles. The summed E-state index contributed by atoms with van der Waals surface area (Å²) in [7, 11) is -2.48. The summed E-state index contributed by atoms with van der Waals surface area (Å²) in [6.07, 6.45) is 1.77. The molecule has 1 aliphatic heterocycles. The smallest absolute Gasteiger partial charge is 0.338 e. The standard InChI is InChI=1S/C18H23NO7S/c1-24-16-7-6-13(18(21)26-15-5-3-2-4-14(15)20)12-17(16)27(22,23)19-8-10-25-11-9-19/h6-7,12,15H,2-5,8-11H2,1H3/t15-/m1/s1. The van der Waals surface area contributed by atoms with E-state index < -0.39 is 22.1 Å². The molecule has 3 rings (SSSR count). The summed E-state index contributed by atoms with van der Waals surface area (Å²) in [5.41, 5.74) is 0.0704. The molecule has 1 atom stereocenters. The number of ketones is 1. The minimum absolute atomic E-state index is 0.0704. The van der Waals surface area contributed by atoms with Gasteiger partial charge in [-0.15, -0.1) is 0 Å². The molecule has 1 aliphatic carbocycles. The predicted octanol–water partition coefficient (Wildman–Crippen LogP) is 1.38. The lowest BCUT2D eigenvalue weighted by molar-refractivity contribution is -0.129. The van der Waals surface area contributed by atoms with Crippen LogP contribution < -0.4 is 4.74 Å². The topological polar surface area (TPSA) is 99.2 Å². The molecule has 9 heteroatoms. The quantitative estimate of drug-likeness (QED) is 0.692. The van der Waals surface area contributed by atoms with Gasteiger partial charge in [-0.1, -0.05) is 0 Å². The van der Waals surface area contributed by atoms with Crippen LogP contribution in [0.25, 0.3) is 0 Å². The van der Waals surface area contributed by atoms with Crippen molar-refractivity contribution in [2.75, 3.05) is 33.4 Å². The van der Waals surface area contributed by atoms with Crippen LogP contribution >= 0.6 is 0 Å². The van der Waals surface area contributed by atoms with Crippen molar-refractivity contribution in [3.05, 3.63) is 23.8 Å². The fourth-order valence-electron chi connectivity index (χ4n) is 3.20. The van der Waals surface area contributed by atoms with Gasteiger partial charge in [0.1, 0.15) is 10.6 Å². The molecule has 0 spiro atoms.